The van der Waals surface area contributed by atoms with E-state index in [1.54, 1.807) is 13.8 Å². The summed E-state index contributed by atoms with van der Waals surface area (Å²) in [5, 5.41) is 6.71. The maximum atomic E-state index is 12.9. The molecule has 164 valence electrons. The van der Waals surface area contributed by atoms with Gasteiger partial charge in [-0.25, -0.2) is 8.42 Å². The summed E-state index contributed by atoms with van der Waals surface area (Å²) >= 11 is 0. The Balaban J connectivity index is 1.55. The largest absolute Gasteiger partial charge is 0.360 e. The SMILES string of the molecule is Cc1noc(C)c1S(=O)(=O)N1CCC(C(=O)Nc2ccc(CCN(C)C)cc2)CC1. The van der Waals surface area contributed by atoms with Crippen LogP contribution in [0.3, 0.4) is 0 Å². The van der Waals surface area contributed by atoms with E-state index in [1.165, 1.54) is 9.87 Å². The minimum atomic E-state index is -3.66. The zero-order valence-corrected chi connectivity index (χ0v) is 18.8. The number of benzene rings is 1. The van der Waals surface area contributed by atoms with E-state index in [0.29, 0.717) is 37.4 Å². The number of aryl methyl sites for hydroxylation is 2. The van der Waals surface area contributed by atoms with Gasteiger partial charge in [-0.15, -0.1) is 0 Å². The van der Waals surface area contributed by atoms with E-state index in [0.717, 1.165) is 18.7 Å². The second-order valence-corrected chi connectivity index (χ2v) is 9.95. The van der Waals surface area contributed by atoms with Crippen LogP contribution in [0.5, 0.6) is 0 Å². The molecule has 0 aliphatic carbocycles. The number of aromatic nitrogens is 1. The number of sulfonamides is 1. The number of rotatable bonds is 7. The third kappa shape index (κ3) is 5.08. The molecule has 8 nitrogen and oxygen atoms in total. The summed E-state index contributed by atoms with van der Waals surface area (Å²) in [6.45, 7) is 4.79. The predicted octanol–water partition coefficient (Wildman–Crippen LogP) is 2.43. The molecule has 1 aromatic carbocycles. The van der Waals surface area contributed by atoms with Gasteiger partial charge in [0.05, 0.1) is 0 Å². The minimum absolute atomic E-state index is 0.0644. The number of anilines is 1. The Morgan fingerprint density at radius 1 is 1.20 bits per heavy atom. The molecule has 9 heteroatoms. The lowest BCUT2D eigenvalue weighted by Gasteiger charge is -2.30. The van der Waals surface area contributed by atoms with Crippen molar-refractivity contribution in [3.63, 3.8) is 0 Å². The van der Waals surface area contributed by atoms with Crippen molar-refractivity contribution in [3.05, 3.63) is 41.3 Å². The van der Waals surface area contributed by atoms with E-state index >= 15 is 0 Å². The first-order valence-corrected chi connectivity index (χ1v) is 11.6. The van der Waals surface area contributed by atoms with Gasteiger partial charge in [-0.1, -0.05) is 17.3 Å². The molecule has 1 aromatic heterocycles. The Labute approximate surface area is 178 Å². The van der Waals surface area contributed by atoms with E-state index in [9.17, 15) is 13.2 Å². The number of likely N-dealkylation sites (N-methyl/N-ethyl adjacent to an activating group) is 1. The average Bonchev–Trinajstić information content (AvgIpc) is 3.06. The van der Waals surface area contributed by atoms with Crippen LogP contribution in [0, 0.1) is 19.8 Å². The van der Waals surface area contributed by atoms with Crippen LogP contribution in [-0.2, 0) is 21.2 Å². The first kappa shape index (κ1) is 22.5. The van der Waals surface area contributed by atoms with Gasteiger partial charge in [0, 0.05) is 31.2 Å². The van der Waals surface area contributed by atoms with Crippen molar-refractivity contribution in [1.82, 2.24) is 14.4 Å². The molecule has 1 aliphatic heterocycles. The van der Waals surface area contributed by atoms with Crippen molar-refractivity contribution in [1.29, 1.82) is 0 Å². The molecule has 0 bridgehead atoms. The minimum Gasteiger partial charge on any atom is -0.360 e. The molecular formula is C21H30N4O4S. The first-order chi connectivity index (χ1) is 14.2. The van der Waals surface area contributed by atoms with Gasteiger partial charge in [-0.3, -0.25) is 4.79 Å². The molecule has 1 fully saturated rings. The van der Waals surface area contributed by atoms with Crippen molar-refractivity contribution >= 4 is 21.6 Å². The lowest BCUT2D eigenvalue weighted by atomic mass is 9.97. The van der Waals surface area contributed by atoms with E-state index in [2.05, 4.69) is 15.4 Å². The zero-order chi connectivity index (χ0) is 21.9. The summed E-state index contributed by atoms with van der Waals surface area (Å²) in [4.78, 5) is 14.9. The highest BCUT2D eigenvalue weighted by molar-refractivity contribution is 7.89. The second-order valence-electron chi connectivity index (χ2n) is 8.07. The first-order valence-electron chi connectivity index (χ1n) is 10.2. The quantitative estimate of drug-likeness (QED) is 0.719. The Hall–Kier alpha value is -2.23. The molecule has 1 saturated heterocycles. The summed E-state index contributed by atoms with van der Waals surface area (Å²) in [5.41, 5.74) is 2.35. The van der Waals surface area contributed by atoms with Gasteiger partial charge in [0.15, 0.2) is 5.76 Å². The Kier molecular flexibility index (Phi) is 6.95. The summed E-state index contributed by atoms with van der Waals surface area (Å²) < 4.78 is 32.2. The smallest absolute Gasteiger partial charge is 0.248 e. The monoisotopic (exact) mass is 434 g/mol. The number of hydrogen-bond donors (Lipinski definition) is 1. The van der Waals surface area contributed by atoms with Crippen molar-refractivity contribution in [2.24, 2.45) is 5.92 Å². The van der Waals surface area contributed by atoms with E-state index in [-0.39, 0.29) is 16.7 Å². The Morgan fingerprint density at radius 2 is 1.83 bits per heavy atom. The molecule has 0 atom stereocenters. The molecule has 2 heterocycles. The highest BCUT2D eigenvalue weighted by Gasteiger charge is 2.35. The number of nitrogens with zero attached hydrogens (tertiary/aromatic N) is 3. The third-order valence-corrected chi connectivity index (χ3v) is 7.60. The summed E-state index contributed by atoms with van der Waals surface area (Å²) in [6, 6.07) is 7.88. The van der Waals surface area contributed by atoms with Gasteiger partial charge in [-0.2, -0.15) is 4.31 Å². The molecule has 1 aliphatic rings. The third-order valence-electron chi connectivity index (χ3n) is 5.46. The fourth-order valence-electron chi connectivity index (χ4n) is 3.68. The van der Waals surface area contributed by atoms with Gasteiger partial charge < -0.3 is 14.7 Å². The molecule has 1 amide bonds. The average molecular weight is 435 g/mol. The molecule has 0 spiro atoms. The maximum Gasteiger partial charge on any atom is 0.248 e. The predicted molar refractivity (Wildman–Crippen MR) is 115 cm³/mol. The highest BCUT2D eigenvalue weighted by atomic mass is 32.2. The molecule has 0 radical (unpaired) electrons. The van der Waals surface area contributed by atoms with Gasteiger partial charge >= 0.3 is 0 Å². The zero-order valence-electron chi connectivity index (χ0n) is 18.0. The second kappa shape index (κ2) is 9.28. The van der Waals surface area contributed by atoms with Crippen LogP contribution in [0.25, 0.3) is 0 Å². The normalized spacial score (nSPS) is 16.2. The molecule has 3 rings (SSSR count). The summed E-state index contributed by atoms with van der Waals surface area (Å²) in [6.07, 6.45) is 1.92. The van der Waals surface area contributed by atoms with Crippen LogP contribution < -0.4 is 5.32 Å². The molecule has 2 aromatic rings. The molecule has 0 saturated carbocycles. The highest BCUT2D eigenvalue weighted by Crippen LogP contribution is 2.28. The number of carbonyl (C=O) groups excluding carboxylic acids is 1. The Morgan fingerprint density at radius 3 is 2.37 bits per heavy atom. The fraction of sp³-hybridized carbons (Fsp3) is 0.524. The number of piperidine rings is 1. The van der Waals surface area contributed by atoms with Crippen LogP contribution in [0.4, 0.5) is 5.69 Å². The maximum absolute atomic E-state index is 12.9. The van der Waals surface area contributed by atoms with Crippen molar-refractivity contribution < 1.29 is 17.7 Å². The van der Waals surface area contributed by atoms with Crippen molar-refractivity contribution in [2.75, 3.05) is 39.0 Å². The van der Waals surface area contributed by atoms with Gasteiger partial charge in [0.2, 0.25) is 15.9 Å². The van der Waals surface area contributed by atoms with Crippen LogP contribution in [0.15, 0.2) is 33.7 Å². The molecular weight excluding hydrogens is 404 g/mol. The van der Waals surface area contributed by atoms with E-state index in [1.807, 2.05) is 38.4 Å². The van der Waals surface area contributed by atoms with Crippen molar-refractivity contribution in [3.8, 4) is 0 Å². The number of carbonyl (C=O) groups is 1. The number of amides is 1. The van der Waals surface area contributed by atoms with Gasteiger partial charge in [0.25, 0.3) is 0 Å². The topological polar surface area (TPSA) is 95.8 Å². The van der Waals surface area contributed by atoms with Crippen LogP contribution >= 0.6 is 0 Å². The van der Waals surface area contributed by atoms with Gasteiger partial charge in [-0.05, 0) is 64.9 Å². The molecule has 0 unspecified atom stereocenters. The van der Waals surface area contributed by atoms with Crippen molar-refractivity contribution in [2.45, 2.75) is 38.0 Å². The van der Waals surface area contributed by atoms with Gasteiger partial charge in [0.1, 0.15) is 10.6 Å². The van der Waals surface area contributed by atoms with E-state index < -0.39 is 10.0 Å². The van der Waals surface area contributed by atoms with Crippen LogP contribution in [0.2, 0.25) is 0 Å². The molecule has 1 N–H and O–H groups in total. The van der Waals surface area contributed by atoms with Crippen LogP contribution in [-0.4, -0.2) is 62.4 Å². The standard InChI is InChI=1S/C21H30N4O4S/c1-15-20(16(2)29-23-15)30(27,28)25-13-10-18(11-14-25)21(26)22-19-7-5-17(6-8-19)9-12-24(3)4/h5-8,18H,9-14H2,1-4H3,(H,22,26). The van der Waals surface area contributed by atoms with Crippen LogP contribution in [0.1, 0.15) is 29.9 Å². The molecule has 30 heavy (non-hydrogen) atoms. The lowest BCUT2D eigenvalue weighted by molar-refractivity contribution is -0.120. The van der Waals surface area contributed by atoms with E-state index in [4.69, 9.17) is 4.52 Å². The Bertz CT molecular complexity index is 955. The number of nitrogens with one attached hydrogen (secondary N) is 1. The summed E-state index contributed by atoms with van der Waals surface area (Å²) in [5.74, 6) is 0.0151. The fourth-order valence-corrected chi connectivity index (χ4v) is 5.44. The summed E-state index contributed by atoms with van der Waals surface area (Å²) in [7, 11) is 0.420. The number of hydrogen-bond acceptors (Lipinski definition) is 6. The lowest BCUT2D eigenvalue weighted by Crippen LogP contribution is -2.41.